The number of hydrogen-bond acceptors (Lipinski definition) is 6. The number of nitrogens with zero attached hydrogens (tertiary/aromatic N) is 2. The topological polar surface area (TPSA) is 94.2 Å². The van der Waals surface area contributed by atoms with Gasteiger partial charge in [0.15, 0.2) is 23.3 Å². The van der Waals surface area contributed by atoms with Gasteiger partial charge in [-0.3, -0.25) is 14.5 Å². The maximum atomic E-state index is 13.4. The van der Waals surface area contributed by atoms with Gasteiger partial charge in [-0.1, -0.05) is 54.1 Å². The molecule has 0 aliphatic carbocycles. The highest BCUT2D eigenvalue weighted by molar-refractivity contribution is 8.18. The van der Waals surface area contributed by atoms with Crippen molar-refractivity contribution in [2.45, 2.75) is 13.5 Å². The van der Waals surface area contributed by atoms with Crippen LogP contribution in [0.1, 0.15) is 16.7 Å². The number of carbonyl (C=O) groups excluding carboxylic acids is 2. The van der Waals surface area contributed by atoms with Gasteiger partial charge in [0.1, 0.15) is 0 Å². The summed E-state index contributed by atoms with van der Waals surface area (Å²) in [4.78, 5) is 31.4. The lowest BCUT2D eigenvalue weighted by Crippen LogP contribution is -2.28. The number of primary amides is 1. The summed E-state index contributed by atoms with van der Waals surface area (Å²) in [7, 11) is 1.51. The van der Waals surface area contributed by atoms with Gasteiger partial charge in [0.2, 0.25) is 0 Å². The van der Waals surface area contributed by atoms with Crippen molar-refractivity contribution >= 4 is 40.5 Å². The number of ether oxygens (including phenoxy) is 2. The van der Waals surface area contributed by atoms with E-state index in [0.29, 0.717) is 28.1 Å². The molecule has 4 rings (SSSR count). The van der Waals surface area contributed by atoms with Gasteiger partial charge in [0, 0.05) is 0 Å². The van der Waals surface area contributed by atoms with Crippen molar-refractivity contribution in [2.24, 2.45) is 10.7 Å². The fourth-order valence-corrected chi connectivity index (χ4v) is 4.42. The Kier molecular flexibility index (Phi) is 7.52. The highest BCUT2D eigenvalue weighted by Crippen LogP contribution is 2.36. The normalized spacial score (nSPS) is 15.6. The SMILES string of the molecule is COc1cc(/C=C2\SC(=Nc3ccc(C)cc3)N(Cc3ccccc3)C2=O)ccc1OCC(N)=O. The zero-order valence-corrected chi connectivity index (χ0v) is 20.2. The lowest BCUT2D eigenvalue weighted by molar-refractivity contribution is -0.122. The van der Waals surface area contributed by atoms with E-state index in [4.69, 9.17) is 20.2 Å². The Bertz CT molecular complexity index is 1290. The molecular weight excluding hydrogens is 462 g/mol. The molecule has 2 amide bonds. The number of benzene rings is 3. The number of amidine groups is 1. The fourth-order valence-electron chi connectivity index (χ4n) is 3.42. The average Bonchev–Trinajstić information content (AvgIpc) is 3.13. The first-order valence-corrected chi connectivity index (χ1v) is 11.7. The van der Waals surface area contributed by atoms with Crippen LogP contribution in [0, 0.1) is 6.92 Å². The smallest absolute Gasteiger partial charge is 0.267 e. The van der Waals surface area contributed by atoms with Gasteiger partial charge in [-0.2, -0.15) is 0 Å². The molecule has 0 atom stereocenters. The highest BCUT2D eigenvalue weighted by Gasteiger charge is 2.33. The minimum atomic E-state index is -0.579. The molecule has 7 nitrogen and oxygen atoms in total. The molecule has 1 heterocycles. The van der Waals surface area contributed by atoms with Gasteiger partial charge < -0.3 is 15.2 Å². The summed E-state index contributed by atoms with van der Waals surface area (Å²) in [6.45, 7) is 2.18. The van der Waals surface area contributed by atoms with Crippen LogP contribution in [0.25, 0.3) is 6.08 Å². The first-order valence-electron chi connectivity index (χ1n) is 10.9. The standard InChI is InChI=1S/C27H25N3O4S/c1-18-8-11-21(12-9-18)29-27-30(16-19-6-4-3-5-7-19)26(32)24(35-27)15-20-10-13-22(23(14-20)33-2)34-17-25(28)31/h3-15H,16-17H2,1-2H3,(H2,28,31)/b24-15-,29-27?. The first kappa shape index (κ1) is 24.1. The van der Waals surface area contributed by atoms with Crippen LogP contribution in [0.3, 0.4) is 0 Å². The third-order valence-corrected chi connectivity index (χ3v) is 6.19. The average molecular weight is 488 g/mol. The molecule has 2 N–H and O–H groups in total. The number of thioether (sulfide) groups is 1. The van der Waals surface area contributed by atoms with Crippen molar-refractivity contribution in [2.75, 3.05) is 13.7 Å². The molecule has 178 valence electrons. The van der Waals surface area contributed by atoms with E-state index in [0.717, 1.165) is 22.4 Å². The summed E-state index contributed by atoms with van der Waals surface area (Å²) in [5, 5.41) is 0.613. The van der Waals surface area contributed by atoms with Crippen LogP contribution in [-0.4, -0.2) is 35.6 Å². The highest BCUT2D eigenvalue weighted by atomic mass is 32.2. The Morgan fingerprint density at radius 3 is 2.49 bits per heavy atom. The molecule has 1 fully saturated rings. The Balaban J connectivity index is 1.65. The molecule has 0 saturated carbocycles. The lowest BCUT2D eigenvalue weighted by Gasteiger charge is -2.15. The second-order valence-electron chi connectivity index (χ2n) is 7.88. The van der Waals surface area contributed by atoms with Crippen molar-refractivity contribution in [3.63, 3.8) is 0 Å². The molecular formula is C27H25N3O4S. The second-order valence-corrected chi connectivity index (χ2v) is 8.89. The summed E-state index contributed by atoms with van der Waals surface area (Å²) < 4.78 is 10.8. The zero-order chi connectivity index (χ0) is 24.8. The van der Waals surface area contributed by atoms with Crippen LogP contribution < -0.4 is 15.2 Å². The summed E-state index contributed by atoms with van der Waals surface area (Å²) >= 11 is 1.33. The third-order valence-electron chi connectivity index (χ3n) is 5.19. The molecule has 0 spiro atoms. The number of carbonyl (C=O) groups is 2. The van der Waals surface area contributed by atoms with Crippen LogP contribution in [0.2, 0.25) is 0 Å². The number of nitrogens with two attached hydrogens (primary N) is 1. The first-order chi connectivity index (χ1) is 16.9. The summed E-state index contributed by atoms with van der Waals surface area (Å²) in [5.74, 6) is 0.125. The van der Waals surface area contributed by atoms with Gasteiger partial charge in [-0.25, -0.2) is 4.99 Å². The van der Waals surface area contributed by atoms with Gasteiger partial charge in [0.05, 0.1) is 24.2 Å². The molecule has 1 saturated heterocycles. The zero-order valence-electron chi connectivity index (χ0n) is 19.4. The predicted molar refractivity (Wildman–Crippen MR) is 139 cm³/mol. The van der Waals surface area contributed by atoms with Crippen LogP contribution in [0.5, 0.6) is 11.5 Å². The quantitative estimate of drug-likeness (QED) is 0.466. The van der Waals surface area contributed by atoms with Crippen LogP contribution in [0.4, 0.5) is 5.69 Å². The molecule has 1 aliphatic rings. The van der Waals surface area contributed by atoms with E-state index in [1.54, 1.807) is 29.2 Å². The van der Waals surface area contributed by atoms with Crippen molar-refractivity contribution < 1.29 is 19.1 Å². The maximum Gasteiger partial charge on any atom is 0.267 e. The Labute approximate surface area is 208 Å². The van der Waals surface area contributed by atoms with Crippen LogP contribution >= 0.6 is 11.8 Å². The van der Waals surface area contributed by atoms with Crippen molar-refractivity contribution in [1.29, 1.82) is 0 Å². The van der Waals surface area contributed by atoms with E-state index in [9.17, 15) is 9.59 Å². The molecule has 3 aromatic rings. The van der Waals surface area contributed by atoms with Crippen LogP contribution in [-0.2, 0) is 16.1 Å². The number of aryl methyl sites for hydroxylation is 1. The Morgan fingerprint density at radius 2 is 1.80 bits per heavy atom. The summed E-state index contributed by atoms with van der Waals surface area (Å²) in [5.41, 5.74) is 8.84. The molecule has 35 heavy (non-hydrogen) atoms. The monoisotopic (exact) mass is 487 g/mol. The maximum absolute atomic E-state index is 13.4. The van der Waals surface area contributed by atoms with E-state index < -0.39 is 5.91 Å². The Hall–Kier alpha value is -4.04. The van der Waals surface area contributed by atoms with E-state index in [1.165, 1.54) is 18.9 Å². The summed E-state index contributed by atoms with van der Waals surface area (Å²) in [6.07, 6.45) is 1.79. The second kappa shape index (κ2) is 10.9. The molecule has 3 aromatic carbocycles. The van der Waals surface area contributed by atoms with Gasteiger partial charge in [-0.15, -0.1) is 0 Å². The van der Waals surface area contributed by atoms with E-state index in [1.807, 2.05) is 61.5 Å². The van der Waals surface area contributed by atoms with Crippen LogP contribution in [0.15, 0.2) is 82.7 Å². The van der Waals surface area contributed by atoms with Gasteiger partial charge >= 0.3 is 0 Å². The minimum absolute atomic E-state index is 0.127. The molecule has 0 radical (unpaired) electrons. The minimum Gasteiger partial charge on any atom is -0.493 e. The number of aliphatic imine (C=N–C) groups is 1. The third kappa shape index (κ3) is 6.10. The largest absolute Gasteiger partial charge is 0.493 e. The molecule has 1 aliphatic heterocycles. The number of methoxy groups -OCH3 is 1. The fraction of sp³-hybridized carbons (Fsp3) is 0.148. The summed E-state index contributed by atoms with van der Waals surface area (Å²) in [6, 6.07) is 22.9. The number of hydrogen-bond donors (Lipinski definition) is 1. The van der Waals surface area contributed by atoms with Gasteiger partial charge in [-0.05, 0) is 60.2 Å². The molecule has 8 heteroatoms. The van der Waals surface area contributed by atoms with E-state index >= 15 is 0 Å². The lowest BCUT2D eigenvalue weighted by atomic mass is 10.1. The molecule has 0 unspecified atom stereocenters. The van der Waals surface area contributed by atoms with E-state index in [2.05, 4.69) is 0 Å². The van der Waals surface area contributed by atoms with E-state index in [-0.39, 0.29) is 12.5 Å². The predicted octanol–water partition coefficient (Wildman–Crippen LogP) is 4.67. The van der Waals surface area contributed by atoms with Crippen molar-refractivity contribution in [1.82, 2.24) is 4.90 Å². The number of rotatable bonds is 8. The molecule has 0 bridgehead atoms. The van der Waals surface area contributed by atoms with Crippen molar-refractivity contribution in [3.05, 3.63) is 94.4 Å². The van der Waals surface area contributed by atoms with Crippen molar-refractivity contribution in [3.8, 4) is 11.5 Å². The molecule has 0 aromatic heterocycles. The Morgan fingerprint density at radius 1 is 1.06 bits per heavy atom. The number of amides is 2. The van der Waals surface area contributed by atoms with Gasteiger partial charge in [0.25, 0.3) is 11.8 Å².